The van der Waals surface area contributed by atoms with Gasteiger partial charge in [-0.1, -0.05) is 30.7 Å². The quantitative estimate of drug-likeness (QED) is 0.670. The number of anilines is 1. The van der Waals surface area contributed by atoms with Crippen LogP contribution in [0.2, 0.25) is 5.02 Å². The van der Waals surface area contributed by atoms with Gasteiger partial charge in [0.15, 0.2) is 0 Å². The average Bonchev–Trinajstić information content (AvgIpc) is 3.39. The fourth-order valence-corrected chi connectivity index (χ4v) is 5.70. The molecule has 4 atom stereocenters. The van der Waals surface area contributed by atoms with Crippen molar-refractivity contribution in [2.24, 2.45) is 0 Å². The van der Waals surface area contributed by atoms with Crippen molar-refractivity contribution in [3.05, 3.63) is 52.4 Å². The Morgan fingerprint density at radius 1 is 1.12 bits per heavy atom. The minimum atomic E-state index is -0.529. The zero-order valence-corrected chi connectivity index (χ0v) is 20.2. The molecule has 9 heteroatoms. The first-order valence-electron chi connectivity index (χ1n) is 12.1. The van der Waals surface area contributed by atoms with E-state index in [9.17, 15) is 15.0 Å². The summed E-state index contributed by atoms with van der Waals surface area (Å²) in [7, 11) is 0. The van der Waals surface area contributed by atoms with Crippen LogP contribution in [0.25, 0.3) is 0 Å². The summed E-state index contributed by atoms with van der Waals surface area (Å²) in [6, 6.07) is 7.54. The van der Waals surface area contributed by atoms with Gasteiger partial charge in [0.1, 0.15) is 12.1 Å². The Morgan fingerprint density at radius 3 is 2.53 bits per heavy atom. The Bertz CT molecular complexity index is 1030. The van der Waals surface area contributed by atoms with E-state index < -0.39 is 6.10 Å². The summed E-state index contributed by atoms with van der Waals surface area (Å²) in [6.07, 6.45) is 2.11. The van der Waals surface area contributed by atoms with Crippen LogP contribution in [0.15, 0.2) is 30.6 Å². The molecule has 0 spiro atoms. The summed E-state index contributed by atoms with van der Waals surface area (Å²) in [4.78, 5) is 28.9. The normalized spacial score (nSPS) is 26.1. The van der Waals surface area contributed by atoms with E-state index >= 15 is 0 Å². The van der Waals surface area contributed by atoms with Crippen molar-refractivity contribution in [2.45, 2.75) is 43.8 Å². The van der Waals surface area contributed by atoms with E-state index in [-0.39, 0.29) is 23.8 Å². The first-order chi connectivity index (χ1) is 16.4. The van der Waals surface area contributed by atoms with Crippen LogP contribution < -0.4 is 4.90 Å². The Labute approximate surface area is 205 Å². The summed E-state index contributed by atoms with van der Waals surface area (Å²) in [5.74, 6) is 0.917. The number of likely N-dealkylation sites (tertiary alicyclic amines) is 1. The third-order valence-corrected chi connectivity index (χ3v) is 7.68. The number of piperazine rings is 1. The van der Waals surface area contributed by atoms with Crippen LogP contribution in [0, 0.1) is 0 Å². The molecule has 34 heavy (non-hydrogen) atoms. The third-order valence-electron chi connectivity index (χ3n) is 7.43. The first-order valence-corrected chi connectivity index (χ1v) is 12.5. The molecule has 5 rings (SSSR count). The van der Waals surface area contributed by atoms with Gasteiger partial charge >= 0.3 is 0 Å². The maximum atomic E-state index is 13.7. The molecule has 1 aromatic carbocycles. The van der Waals surface area contributed by atoms with Crippen molar-refractivity contribution in [2.75, 3.05) is 50.7 Å². The molecule has 2 unspecified atom stereocenters. The van der Waals surface area contributed by atoms with E-state index in [0.29, 0.717) is 50.7 Å². The van der Waals surface area contributed by atoms with Crippen molar-refractivity contribution in [3.8, 4) is 0 Å². The predicted molar refractivity (Wildman–Crippen MR) is 130 cm³/mol. The summed E-state index contributed by atoms with van der Waals surface area (Å²) in [5, 5.41) is 20.9. The second kappa shape index (κ2) is 9.77. The topological polar surface area (TPSA) is 93.0 Å². The number of fused-ring (bicyclic) bond motifs is 1. The number of β-amino-alcohol motifs (C(OH)–C–C–N with tert-alkyl or cyclic N) is 1. The molecule has 2 N–H and O–H groups in total. The molecular formula is C25H32ClN5O3. The van der Waals surface area contributed by atoms with E-state index in [1.165, 1.54) is 6.33 Å². The molecule has 3 heterocycles. The molecule has 0 bridgehead atoms. The van der Waals surface area contributed by atoms with Gasteiger partial charge in [0.25, 0.3) is 0 Å². The summed E-state index contributed by atoms with van der Waals surface area (Å²) < 4.78 is 0. The fraction of sp³-hybridized carbons (Fsp3) is 0.560. The number of rotatable bonds is 5. The van der Waals surface area contributed by atoms with Crippen LogP contribution in [0.5, 0.6) is 0 Å². The van der Waals surface area contributed by atoms with Crippen LogP contribution >= 0.6 is 11.6 Å². The minimum Gasteiger partial charge on any atom is -0.392 e. The van der Waals surface area contributed by atoms with E-state index in [2.05, 4.69) is 26.7 Å². The summed E-state index contributed by atoms with van der Waals surface area (Å²) in [6.45, 7) is 6.70. The number of aliphatic hydroxyl groups excluding tert-OH is 2. The molecule has 182 valence electrons. The number of benzene rings is 1. The van der Waals surface area contributed by atoms with Gasteiger partial charge in [-0.25, -0.2) is 9.97 Å². The second-order valence-electron chi connectivity index (χ2n) is 9.77. The van der Waals surface area contributed by atoms with Crippen LogP contribution in [0.1, 0.15) is 54.5 Å². The van der Waals surface area contributed by atoms with E-state index in [0.717, 1.165) is 35.6 Å². The lowest BCUT2D eigenvalue weighted by Crippen LogP contribution is -2.51. The van der Waals surface area contributed by atoms with Crippen LogP contribution in [-0.4, -0.2) is 87.8 Å². The highest BCUT2D eigenvalue weighted by molar-refractivity contribution is 6.30. The number of nitrogens with zero attached hydrogens (tertiary/aromatic N) is 5. The molecule has 0 saturated carbocycles. The van der Waals surface area contributed by atoms with Crippen molar-refractivity contribution in [1.82, 2.24) is 19.8 Å². The number of carbonyl (C=O) groups is 1. The van der Waals surface area contributed by atoms with Gasteiger partial charge in [-0.15, -0.1) is 0 Å². The molecule has 2 aliphatic heterocycles. The largest absolute Gasteiger partial charge is 0.392 e. The van der Waals surface area contributed by atoms with Gasteiger partial charge in [-0.05, 0) is 36.5 Å². The second-order valence-corrected chi connectivity index (χ2v) is 10.2. The van der Waals surface area contributed by atoms with Gasteiger partial charge in [0.05, 0.1) is 23.8 Å². The van der Waals surface area contributed by atoms with E-state index in [4.69, 9.17) is 11.6 Å². The maximum absolute atomic E-state index is 13.7. The van der Waals surface area contributed by atoms with Crippen molar-refractivity contribution in [3.63, 3.8) is 0 Å². The Kier molecular flexibility index (Phi) is 6.75. The van der Waals surface area contributed by atoms with Crippen molar-refractivity contribution in [1.29, 1.82) is 0 Å². The lowest BCUT2D eigenvalue weighted by Gasteiger charge is -2.38. The minimum absolute atomic E-state index is 0.111. The molecule has 3 aliphatic rings. The highest BCUT2D eigenvalue weighted by Crippen LogP contribution is 2.42. The number of amides is 1. The number of carbonyl (C=O) groups excluding carboxylic acids is 1. The molecule has 2 fully saturated rings. The van der Waals surface area contributed by atoms with Crippen LogP contribution in [0.3, 0.4) is 0 Å². The molecule has 1 amide bonds. The molecule has 1 aromatic heterocycles. The zero-order valence-electron chi connectivity index (χ0n) is 19.5. The number of hydrogen-bond acceptors (Lipinski definition) is 7. The lowest BCUT2D eigenvalue weighted by atomic mass is 9.96. The molecule has 2 saturated heterocycles. The Morgan fingerprint density at radius 2 is 1.85 bits per heavy atom. The molecule has 0 radical (unpaired) electrons. The number of aromatic nitrogens is 2. The standard InChI is InChI=1S/C25H32ClN5O3/c1-16-12-21(33)23-22(16)24(28-15-27-23)30-8-10-31(11-9-30)25(34)20(14-29-7-6-19(32)13-29)17-2-4-18(26)5-3-17/h2-5,15-16,19-21,32-33H,6-14H2,1H3/t16-,19?,20?,21-/m1/s1. The van der Waals surface area contributed by atoms with Crippen molar-refractivity contribution >= 4 is 23.3 Å². The number of halogens is 1. The van der Waals surface area contributed by atoms with Crippen LogP contribution in [0.4, 0.5) is 5.82 Å². The number of hydrogen-bond donors (Lipinski definition) is 2. The lowest BCUT2D eigenvalue weighted by molar-refractivity contribution is -0.133. The monoisotopic (exact) mass is 485 g/mol. The van der Waals surface area contributed by atoms with Gasteiger partial charge in [-0.2, -0.15) is 0 Å². The smallest absolute Gasteiger partial charge is 0.231 e. The van der Waals surface area contributed by atoms with Gasteiger partial charge in [-0.3, -0.25) is 9.69 Å². The SMILES string of the molecule is C[C@@H]1C[C@@H](O)c2ncnc(N3CCN(C(=O)C(CN4CCC(O)C4)c4ccc(Cl)cc4)CC3)c21. The van der Waals surface area contributed by atoms with Crippen molar-refractivity contribution < 1.29 is 15.0 Å². The zero-order chi connectivity index (χ0) is 23.8. The van der Waals surface area contributed by atoms with E-state index in [1.54, 1.807) is 0 Å². The first kappa shape index (κ1) is 23.5. The molecule has 2 aromatic rings. The fourth-order valence-electron chi connectivity index (χ4n) is 5.57. The predicted octanol–water partition coefficient (Wildman–Crippen LogP) is 2.17. The molecular weight excluding hydrogens is 454 g/mol. The van der Waals surface area contributed by atoms with Crippen LogP contribution in [-0.2, 0) is 4.79 Å². The molecule has 8 nitrogen and oxygen atoms in total. The summed E-state index contributed by atoms with van der Waals surface area (Å²) in [5.41, 5.74) is 2.74. The maximum Gasteiger partial charge on any atom is 0.231 e. The average molecular weight is 486 g/mol. The highest BCUT2D eigenvalue weighted by Gasteiger charge is 2.36. The highest BCUT2D eigenvalue weighted by atomic mass is 35.5. The Hall–Kier alpha value is -2.26. The van der Waals surface area contributed by atoms with Gasteiger partial charge in [0.2, 0.25) is 5.91 Å². The molecule has 1 aliphatic carbocycles. The van der Waals surface area contributed by atoms with E-state index in [1.807, 2.05) is 29.2 Å². The van der Waals surface area contributed by atoms with Gasteiger partial charge < -0.3 is 20.0 Å². The summed E-state index contributed by atoms with van der Waals surface area (Å²) >= 11 is 6.10. The Balaban J connectivity index is 1.30. The number of aliphatic hydroxyl groups is 2. The van der Waals surface area contributed by atoms with Gasteiger partial charge in [0, 0.05) is 56.4 Å². The third kappa shape index (κ3) is 4.64.